The van der Waals surface area contributed by atoms with Gasteiger partial charge in [0.05, 0.1) is 0 Å². The van der Waals surface area contributed by atoms with Crippen LogP contribution >= 0.6 is 25.3 Å². The number of thiol groups is 2. The maximum Gasteiger partial charge on any atom is 0.336 e. The highest BCUT2D eigenvalue weighted by molar-refractivity contribution is 7.96. The van der Waals surface area contributed by atoms with Gasteiger partial charge in [-0.15, -0.1) is 0 Å². The number of imide groups is 1. The highest BCUT2D eigenvalue weighted by Gasteiger charge is 1.97. The van der Waals surface area contributed by atoms with Crippen molar-refractivity contribution in [1.82, 2.24) is 10.7 Å². The predicted octanol–water partition coefficient (Wildman–Crippen LogP) is -0.796. The van der Waals surface area contributed by atoms with Gasteiger partial charge in [-0.3, -0.25) is 20.3 Å². The van der Waals surface area contributed by atoms with Gasteiger partial charge in [0.25, 0.3) is 10.5 Å². The number of carbonyl (C=O) groups is 3. The van der Waals surface area contributed by atoms with Gasteiger partial charge < -0.3 is 5.73 Å². The Hall–Kier alpha value is -0.930. The predicted molar refractivity (Wildman–Crippen MR) is 48.8 cm³/mol. The van der Waals surface area contributed by atoms with Gasteiger partial charge in [0.2, 0.25) is 0 Å². The lowest BCUT2D eigenvalue weighted by atomic mass is 11.0. The van der Waals surface area contributed by atoms with E-state index in [9.17, 15) is 9.59 Å². The molecule has 0 aliphatic rings. The Morgan fingerprint density at radius 3 is 1.58 bits per heavy atom. The van der Waals surface area contributed by atoms with E-state index in [0.717, 1.165) is 0 Å². The zero-order valence-corrected chi connectivity index (χ0v) is 7.56. The lowest BCUT2D eigenvalue weighted by Crippen LogP contribution is -2.40. The van der Waals surface area contributed by atoms with E-state index in [1.54, 1.807) is 10.7 Å². The topological polar surface area (TPSA) is 127 Å². The quantitative estimate of drug-likeness (QED) is 0.136. The van der Waals surface area contributed by atoms with Gasteiger partial charge >= 0.3 is 6.03 Å². The van der Waals surface area contributed by atoms with E-state index in [1.807, 2.05) is 0 Å². The Morgan fingerprint density at radius 1 is 1.17 bits per heavy atom. The van der Waals surface area contributed by atoms with Gasteiger partial charge in [0.15, 0.2) is 0 Å². The van der Waals surface area contributed by atoms with Crippen LogP contribution in [-0.4, -0.2) is 16.5 Å². The molecule has 4 amide bonds. The zero-order chi connectivity index (χ0) is 10.1. The Labute approximate surface area is 79.0 Å². The molecule has 0 aliphatic heterocycles. The first-order chi connectivity index (χ1) is 5.40. The van der Waals surface area contributed by atoms with Gasteiger partial charge in [0, 0.05) is 0 Å². The van der Waals surface area contributed by atoms with E-state index < -0.39 is 16.5 Å². The molecule has 0 aromatic carbocycles. The lowest BCUT2D eigenvalue weighted by molar-refractivity contribution is 0.236. The van der Waals surface area contributed by atoms with E-state index in [0.29, 0.717) is 0 Å². The number of urea groups is 1. The number of nitrogens with one attached hydrogen (secondary N) is 2. The fraction of sp³-hybridized carbons (Fsp3) is 0. The van der Waals surface area contributed by atoms with Crippen LogP contribution in [0.15, 0.2) is 0 Å². The van der Waals surface area contributed by atoms with Crippen molar-refractivity contribution in [2.45, 2.75) is 0 Å². The molecule has 0 aromatic rings. The van der Waals surface area contributed by atoms with Crippen LogP contribution in [0.4, 0.5) is 14.4 Å². The van der Waals surface area contributed by atoms with Crippen LogP contribution < -0.4 is 22.3 Å². The van der Waals surface area contributed by atoms with Crippen molar-refractivity contribution >= 4 is 41.8 Å². The first-order valence-corrected chi connectivity index (χ1v) is 3.28. The average Bonchev–Trinajstić information content (AvgIpc) is 1.84. The van der Waals surface area contributed by atoms with Crippen molar-refractivity contribution < 1.29 is 14.4 Å². The molecule has 7 nitrogen and oxygen atoms in total. The van der Waals surface area contributed by atoms with Crippen molar-refractivity contribution in [2.24, 2.45) is 11.6 Å². The summed E-state index contributed by atoms with van der Waals surface area (Å²) in [6, 6.07) is -0.773. The molecule has 0 rings (SSSR count). The number of hydrogen-bond donors (Lipinski definition) is 6. The second-order valence-corrected chi connectivity index (χ2v) is 2.09. The molecule has 0 aliphatic carbocycles. The number of primary amides is 1. The van der Waals surface area contributed by atoms with Gasteiger partial charge in [-0.1, -0.05) is 25.3 Å². The van der Waals surface area contributed by atoms with Crippen LogP contribution in [-0.2, 0) is 0 Å². The minimum Gasteiger partial charge on any atom is -0.361 e. The Kier molecular flexibility index (Phi) is 9.29. The third-order valence-corrected chi connectivity index (χ3v) is 0.463. The largest absolute Gasteiger partial charge is 0.361 e. The summed E-state index contributed by atoms with van der Waals surface area (Å²) in [6.07, 6.45) is 0. The third kappa shape index (κ3) is 23.0. The SMILES string of the molecule is NC(=O)S.NNC(=O)NC(=O)S. The van der Waals surface area contributed by atoms with Crippen molar-refractivity contribution in [1.29, 1.82) is 0 Å². The summed E-state index contributed by atoms with van der Waals surface area (Å²) >= 11 is 6.33. The molecule has 0 unspecified atom stereocenters. The molecular weight excluding hydrogens is 204 g/mol. The van der Waals surface area contributed by atoms with Gasteiger partial charge in [-0.2, -0.15) is 0 Å². The Bertz CT molecular complexity index is 180. The van der Waals surface area contributed by atoms with Crippen molar-refractivity contribution in [2.75, 3.05) is 0 Å². The zero-order valence-electron chi connectivity index (χ0n) is 5.77. The summed E-state index contributed by atoms with van der Waals surface area (Å²) in [4.78, 5) is 28.9. The fourth-order valence-corrected chi connectivity index (χ4v) is 0.235. The summed E-state index contributed by atoms with van der Waals surface area (Å²) in [5, 5.41) is 0.361. The maximum absolute atomic E-state index is 10.0. The molecular formula is C3H8N4O3S2. The van der Waals surface area contributed by atoms with E-state index in [4.69, 9.17) is 4.79 Å². The monoisotopic (exact) mass is 212 g/mol. The maximum atomic E-state index is 10.0. The van der Waals surface area contributed by atoms with Crippen molar-refractivity contribution in [3.05, 3.63) is 0 Å². The number of nitrogens with two attached hydrogens (primary N) is 2. The molecule has 0 atom stereocenters. The average molecular weight is 212 g/mol. The molecule has 12 heavy (non-hydrogen) atoms. The number of hydrazine groups is 1. The van der Waals surface area contributed by atoms with Gasteiger partial charge in [-0.25, -0.2) is 10.6 Å². The molecule has 0 radical (unpaired) electrons. The molecule has 70 valence electrons. The van der Waals surface area contributed by atoms with Crippen LogP contribution in [0.1, 0.15) is 0 Å². The first-order valence-electron chi connectivity index (χ1n) is 2.39. The highest BCUT2D eigenvalue weighted by Crippen LogP contribution is 1.72. The van der Waals surface area contributed by atoms with Crippen LogP contribution in [0, 0.1) is 0 Å². The molecule has 9 heteroatoms. The van der Waals surface area contributed by atoms with E-state index in [2.05, 4.69) is 36.8 Å². The number of hydrogen-bond acceptors (Lipinski definition) is 4. The van der Waals surface area contributed by atoms with Gasteiger partial charge in [0.1, 0.15) is 0 Å². The summed E-state index contributed by atoms with van der Waals surface area (Å²) < 4.78 is 0. The smallest absolute Gasteiger partial charge is 0.336 e. The van der Waals surface area contributed by atoms with E-state index >= 15 is 0 Å². The van der Waals surface area contributed by atoms with E-state index in [-0.39, 0.29) is 0 Å². The second kappa shape index (κ2) is 8.17. The number of amides is 4. The standard InChI is InChI=1S/C2H5N3O2S.CH3NOS/c3-5-1(6)4-2(7)8;2-1(3)4/h3H2,(H3,4,5,6,7,8);(H3,2,3,4). The number of carbonyl (C=O) groups excluding carboxylic acids is 3. The molecule has 0 spiro atoms. The molecule has 0 heterocycles. The molecule has 6 N–H and O–H groups in total. The summed E-state index contributed by atoms with van der Waals surface area (Å²) in [6.45, 7) is 0. The Morgan fingerprint density at radius 2 is 1.50 bits per heavy atom. The molecule has 0 saturated heterocycles. The Balaban J connectivity index is 0. The van der Waals surface area contributed by atoms with Crippen LogP contribution in [0.5, 0.6) is 0 Å². The first kappa shape index (κ1) is 13.6. The second-order valence-electron chi connectivity index (χ2n) is 1.24. The third-order valence-electron chi connectivity index (χ3n) is 0.352. The molecule has 0 bridgehead atoms. The highest BCUT2D eigenvalue weighted by atomic mass is 32.1. The van der Waals surface area contributed by atoms with Crippen molar-refractivity contribution in [3.8, 4) is 0 Å². The van der Waals surface area contributed by atoms with Gasteiger partial charge in [-0.05, 0) is 0 Å². The fourth-order valence-electron chi connectivity index (χ4n) is 0.133. The minimum absolute atomic E-state index is 0.639. The number of rotatable bonds is 0. The summed E-state index contributed by atoms with van der Waals surface area (Å²) in [7, 11) is 0. The molecule has 0 saturated carbocycles. The molecule has 0 aromatic heterocycles. The van der Waals surface area contributed by atoms with Crippen LogP contribution in [0.3, 0.4) is 0 Å². The van der Waals surface area contributed by atoms with E-state index in [1.165, 1.54) is 0 Å². The normalized spacial score (nSPS) is 7.25. The summed E-state index contributed by atoms with van der Waals surface area (Å²) in [5.74, 6) is 4.57. The van der Waals surface area contributed by atoms with Crippen LogP contribution in [0.2, 0.25) is 0 Å². The minimum atomic E-state index is -0.773. The lowest BCUT2D eigenvalue weighted by Gasteiger charge is -1.94. The van der Waals surface area contributed by atoms with Crippen molar-refractivity contribution in [3.63, 3.8) is 0 Å². The summed E-state index contributed by atoms with van der Waals surface area (Å²) in [5.41, 5.74) is 6.01. The molecule has 0 fully saturated rings. The van der Waals surface area contributed by atoms with Crippen LogP contribution in [0.25, 0.3) is 0 Å².